The van der Waals surface area contributed by atoms with Crippen LogP contribution < -0.4 is 0 Å². The number of hydrogen-bond donors (Lipinski definition) is 1. The average Bonchev–Trinajstić information content (AvgIpc) is 2.30. The van der Waals surface area contributed by atoms with Gasteiger partial charge in [0.05, 0.1) is 6.42 Å². The molecule has 0 unspecified atom stereocenters. The average molecular weight is 215 g/mol. The number of carbonyl (C=O) groups is 1. The van der Waals surface area contributed by atoms with Crippen molar-refractivity contribution >= 4 is 5.97 Å². The lowest BCUT2D eigenvalue weighted by Crippen LogP contribution is -2.02. The molecule has 0 amide bonds. The van der Waals surface area contributed by atoms with Gasteiger partial charge in [0.25, 0.3) is 0 Å². The number of hydrogen-bond acceptors (Lipinski definition) is 4. The second-order valence-corrected chi connectivity index (χ2v) is 3.20. The largest absolute Gasteiger partial charge is 0.481 e. The van der Waals surface area contributed by atoms with Gasteiger partial charge in [-0.25, -0.2) is 9.97 Å². The Morgan fingerprint density at radius 3 is 2.50 bits per heavy atom. The molecule has 0 aliphatic rings. The Labute approximate surface area is 91.8 Å². The molecule has 5 heteroatoms. The van der Waals surface area contributed by atoms with Gasteiger partial charge in [-0.15, -0.1) is 0 Å². The Hall–Kier alpha value is -2.30. The highest BCUT2D eigenvalue weighted by atomic mass is 16.4. The highest BCUT2D eigenvalue weighted by Crippen LogP contribution is 2.10. The van der Waals surface area contributed by atoms with Crippen molar-refractivity contribution < 1.29 is 9.90 Å². The molecule has 0 aromatic carbocycles. The molecule has 0 aliphatic heterocycles. The first-order valence-electron chi connectivity index (χ1n) is 4.70. The quantitative estimate of drug-likeness (QED) is 0.831. The van der Waals surface area contributed by atoms with Crippen LogP contribution in [-0.2, 0) is 11.2 Å². The van der Waals surface area contributed by atoms with Crippen LogP contribution in [0.5, 0.6) is 0 Å². The second kappa shape index (κ2) is 4.48. The molecule has 0 bridgehead atoms. The highest BCUT2D eigenvalue weighted by Gasteiger charge is 2.04. The molecular weight excluding hydrogens is 206 g/mol. The maximum atomic E-state index is 10.5. The van der Waals surface area contributed by atoms with Gasteiger partial charge in [-0.2, -0.15) is 0 Å². The van der Waals surface area contributed by atoms with Crippen LogP contribution in [0.1, 0.15) is 5.56 Å². The Balaban J connectivity index is 2.23. The van der Waals surface area contributed by atoms with Crippen LogP contribution in [0.25, 0.3) is 11.5 Å². The van der Waals surface area contributed by atoms with Crippen molar-refractivity contribution in [3.05, 3.63) is 42.4 Å². The van der Waals surface area contributed by atoms with Crippen molar-refractivity contribution in [2.24, 2.45) is 0 Å². The first kappa shape index (κ1) is 10.2. The summed E-state index contributed by atoms with van der Waals surface area (Å²) in [4.78, 5) is 22.7. The second-order valence-electron chi connectivity index (χ2n) is 3.20. The van der Waals surface area contributed by atoms with E-state index in [1.165, 1.54) is 12.4 Å². The van der Waals surface area contributed by atoms with Crippen molar-refractivity contribution in [1.82, 2.24) is 15.0 Å². The van der Waals surface area contributed by atoms with Crippen molar-refractivity contribution in [2.45, 2.75) is 6.42 Å². The summed E-state index contributed by atoms with van der Waals surface area (Å²) in [6, 6.07) is 5.45. The van der Waals surface area contributed by atoms with Gasteiger partial charge in [-0.3, -0.25) is 9.78 Å². The highest BCUT2D eigenvalue weighted by molar-refractivity contribution is 5.69. The summed E-state index contributed by atoms with van der Waals surface area (Å²) in [5, 5.41) is 8.59. The lowest BCUT2D eigenvalue weighted by molar-refractivity contribution is -0.136. The summed E-state index contributed by atoms with van der Waals surface area (Å²) in [6.45, 7) is 0. The van der Waals surface area contributed by atoms with E-state index in [9.17, 15) is 4.79 Å². The number of pyridine rings is 1. The molecule has 0 saturated carbocycles. The van der Waals surface area contributed by atoms with Crippen LogP contribution in [0.4, 0.5) is 0 Å². The first-order chi connectivity index (χ1) is 7.75. The lowest BCUT2D eigenvalue weighted by Gasteiger charge is -1.99. The van der Waals surface area contributed by atoms with Gasteiger partial charge in [0.15, 0.2) is 5.82 Å². The minimum atomic E-state index is -0.894. The third kappa shape index (κ3) is 2.38. The molecule has 80 valence electrons. The molecule has 1 N–H and O–H groups in total. The van der Waals surface area contributed by atoms with Crippen LogP contribution in [0, 0.1) is 0 Å². The predicted octanol–water partition coefficient (Wildman–Crippen LogP) is 1.17. The summed E-state index contributed by atoms with van der Waals surface area (Å²) in [7, 11) is 0. The molecule has 0 fully saturated rings. The molecule has 0 spiro atoms. The minimum Gasteiger partial charge on any atom is -0.481 e. The zero-order valence-corrected chi connectivity index (χ0v) is 8.37. The number of carboxylic acids is 1. The lowest BCUT2D eigenvalue weighted by atomic mass is 10.2. The number of rotatable bonds is 3. The normalized spacial score (nSPS) is 10.0. The smallest absolute Gasteiger partial charge is 0.307 e. The molecule has 16 heavy (non-hydrogen) atoms. The molecular formula is C11H9N3O2. The molecule has 5 nitrogen and oxygen atoms in total. The van der Waals surface area contributed by atoms with Crippen LogP contribution in [0.3, 0.4) is 0 Å². The van der Waals surface area contributed by atoms with Crippen molar-refractivity contribution in [2.75, 3.05) is 0 Å². The summed E-state index contributed by atoms with van der Waals surface area (Å²) in [5.41, 5.74) is 1.25. The van der Waals surface area contributed by atoms with E-state index in [4.69, 9.17) is 5.11 Å². The fourth-order valence-electron chi connectivity index (χ4n) is 1.25. The molecule has 0 aliphatic carbocycles. The number of aromatic nitrogens is 3. The Morgan fingerprint density at radius 1 is 1.19 bits per heavy atom. The number of aliphatic carboxylic acids is 1. The van der Waals surface area contributed by atoms with Gasteiger partial charge in [-0.1, -0.05) is 6.07 Å². The molecule has 0 atom stereocenters. The summed E-state index contributed by atoms with van der Waals surface area (Å²) >= 11 is 0. The molecule has 2 aromatic heterocycles. The number of carboxylic acid groups (broad SMARTS) is 1. The molecule has 0 saturated heterocycles. The van der Waals surface area contributed by atoms with E-state index >= 15 is 0 Å². The molecule has 2 heterocycles. The molecule has 0 radical (unpaired) electrons. The van der Waals surface area contributed by atoms with E-state index in [1.54, 1.807) is 12.3 Å². The van der Waals surface area contributed by atoms with Crippen LogP contribution in [0.2, 0.25) is 0 Å². The minimum absolute atomic E-state index is 0.0670. The zero-order valence-electron chi connectivity index (χ0n) is 8.37. The van der Waals surface area contributed by atoms with E-state index in [2.05, 4.69) is 15.0 Å². The van der Waals surface area contributed by atoms with Crippen LogP contribution in [-0.4, -0.2) is 26.0 Å². The monoisotopic (exact) mass is 215 g/mol. The molecule has 2 rings (SSSR count). The third-order valence-corrected chi connectivity index (χ3v) is 1.95. The maximum Gasteiger partial charge on any atom is 0.307 e. The van der Waals surface area contributed by atoms with Gasteiger partial charge in [0.1, 0.15) is 5.69 Å². The SMILES string of the molecule is O=C(O)Cc1cnc(-c2ccccn2)nc1. The Kier molecular flexibility index (Phi) is 2.86. The molecule has 2 aromatic rings. The zero-order chi connectivity index (χ0) is 11.4. The topological polar surface area (TPSA) is 76.0 Å². The fourth-order valence-corrected chi connectivity index (χ4v) is 1.25. The van der Waals surface area contributed by atoms with Gasteiger partial charge >= 0.3 is 5.97 Å². The van der Waals surface area contributed by atoms with E-state index in [0.29, 0.717) is 17.1 Å². The van der Waals surface area contributed by atoms with E-state index in [1.807, 2.05) is 12.1 Å². The summed E-state index contributed by atoms with van der Waals surface area (Å²) in [6.07, 6.45) is 4.60. The van der Waals surface area contributed by atoms with E-state index in [-0.39, 0.29) is 6.42 Å². The van der Waals surface area contributed by atoms with Crippen LogP contribution >= 0.6 is 0 Å². The van der Waals surface area contributed by atoms with Gasteiger partial charge in [0, 0.05) is 18.6 Å². The van der Waals surface area contributed by atoms with E-state index in [0.717, 1.165) is 0 Å². The van der Waals surface area contributed by atoms with Gasteiger partial charge in [-0.05, 0) is 17.7 Å². The first-order valence-corrected chi connectivity index (χ1v) is 4.70. The van der Waals surface area contributed by atoms with Crippen molar-refractivity contribution in [3.8, 4) is 11.5 Å². The van der Waals surface area contributed by atoms with Crippen LogP contribution in [0.15, 0.2) is 36.8 Å². The summed E-state index contributed by atoms with van der Waals surface area (Å²) in [5.74, 6) is -0.399. The van der Waals surface area contributed by atoms with Gasteiger partial charge in [0.2, 0.25) is 0 Å². The summed E-state index contributed by atoms with van der Waals surface area (Å²) < 4.78 is 0. The standard InChI is InChI=1S/C11H9N3O2/c15-10(16)5-8-6-13-11(14-7-8)9-3-1-2-4-12-9/h1-4,6-7H,5H2,(H,15,16). The van der Waals surface area contributed by atoms with Gasteiger partial charge < -0.3 is 5.11 Å². The third-order valence-electron chi connectivity index (χ3n) is 1.95. The van der Waals surface area contributed by atoms with Crippen molar-refractivity contribution in [1.29, 1.82) is 0 Å². The van der Waals surface area contributed by atoms with E-state index < -0.39 is 5.97 Å². The maximum absolute atomic E-state index is 10.5. The van der Waals surface area contributed by atoms with Crippen molar-refractivity contribution in [3.63, 3.8) is 0 Å². The fraction of sp³-hybridized carbons (Fsp3) is 0.0909. The Morgan fingerprint density at radius 2 is 1.94 bits per heavy atom. The predicted molar refractivity (Wildman–Crippen MR) is 56.6 cm³/mol. The number of nitrogens with zero attached hydrogens (tertiary/aromatic N) is 3. The Bertz CT molecular complexity index is 482.